The van der Waals surface area contributed by atoms with Crippen molar-refractivity contribution in [2.75, 3.05) is 0 Å². The second-order valence-corrected chi connectivity index (χ2v) is 15.8. The molecule has 0 aromatic heterocycles. The molecule has 0 saturated heterocycles. The lowest BCUT2D eigenvalue weighted by Gasteiger charge is -2.28. The smallest absolute Gasteiger partial charge is 0.00990 e. The van der Waals surface area contributed by atoms with Crippen molar-refractivity contribution in [3.05, 3.63) is 0 Å². The molecule has 0 aromatic rings. The van der Waals surface area contributed by atoms with Crippen molar-refractivity contribution in [3.63, 3.8) is 0 Å². The number of hydrogen-bond donors (Lipinski definition) is 1. The van der Waals surface area contributed by atoms with Crippen LogP contribution in [0, 0.1) is 34.5 Å². The normalized spacial score (nSPS) is 28.8. The molecule has 0 radical (unpaired) electrons. The van der Waals surface area contributed by atoms with Gasteiger partial charge in [-0.3, -0.25) is 0 Å². The molecule has 0 aromatic carbocycles. The molecule has 4 saturated carbocycles. The van der Waals surface area contributed by atoms with Crippen molar-refractivity contribution in [2.24, 2.45) is 34.5 Å². The topological polar surface area (TPSA) is 12.0 Å². The Kier molecular flexibility index (Phi) is 11.3. The first-order chi connectivity index (χ1) is 15.2. The quantitative estimate of drug-likeness (QED) is 0.440. The lowest BCUT2D eigenvalue weighted by Crippen LogP contribution is -2.42. The number of fused-ring (bicyclic) bond motifs is 2. The van der Waals surface area contributed by atoms with Gasteiger partial charge in [0, 0.05) is 11.6 Å². The fraction of sp³-hybridized carbons (Fsp3) is 1.00. The predicted molar refractivity (Wildman–Crippen MR) is 149 cm³/mol. The van der Waals surface area contributed by atoms with Gasteiger partial charge in [0.05, 0.1) is 0 Å². The van der Waals surface area contributed by atoms with E-state index >= 15 is 0 Å². The minimum absolute atomic E-state index is 0.314. The Balaban J connectivity index is 0.000000176. The maximum atomic E-state index is 3.62. The average molecular weight is 462 g/mol. The molecule has 3 atom stereocenters. The summed E-state index contributed by atoms with van der Waals surface area (Å²) in [4.78, 5) is 0. The van der Waals surface area contributed by atoms with Crippen LogP contribution in [0.2, 0.25) is 0 Å². The summed E-state index contributed by atoms with van der Waals surface area (Å²) in [7, 11) is 0. The summed E-state index contributed by atoms with van der Waals surface area (Å²) in [5, 5.41) is 3.62. The molecular formula is C32H63N. The van der Waals surface area contributed by atoms with Crippen molar-refractivity contribution in [2.45, 2.75) is 170 Å². The summed E-state index contributed by atoms with van der Waals surface area (Å²) in [5.41, 5.74) is 1.44. The molecule has 3 unspecified atom stereocenters. The van der Waals surface area contributed by atoms with E-state index in [-0.39, 0.29) is 0 Å². The first-order valence-electron chi connectivity index (χ1n) is 15.0. The highest BCUT2D eigenvalue weighted by molar-refractivity contribution is 4.91. The fourth-order valence-electron chi connectivity index (χ4n) is 7.35. The third kappa shape index (κ3) is 13.0. The average Bonchev–Trinajstić information content (AvgIpc) is 3.38. The van der Waals surface area contributed by atoms with Crippen molar-refractivity contribution < 1.29 is 0 Å². The number of rotatable bonds is 3. The van der Waals surface area contributed by atoms with Crippen LogP contribution in [-0.4, -0.2) is 11.6 Å². The molecular weight excluding hydrogens is 398 g/mol. The summed E-state index contributed by atoms with van der Waals surface area (Å²) in [6.07, 6.45) is 22.2. The number of nitrogens with one attached hydrogen (secondary N) is 1. The summed E-state index contributed by atoms with van der Waals surface area (Å²) < 4.78 is 0. The van der Waals surface area contributed by atoms with Gasteiger partial charge >= 0.3 is 0 Å². The van der Waals surface area contributed by atoms with Crippen LogP contribution < -0.4 is 5.32 Å². The molecule has 0 amide bonds. The Morgan fingerprint density at radius 3 is 1.55 bits per heavy atom. The zero-order chi connectivity index (χ0) is 24.7. The monoisotopic (exact) mass is 461 g/mol. The highest BCUT2D eigenvalue weighted by Crippen LogP contribution is 2.51. The van der Waals surface area contributed by atoms with Gasteiger partial charge in [-0.2, -0.15) is 0 Å². The Labute approximate surface area is 210 Å². The zero-order valence-corrected chi connectivity index (χ0v) is 24.5. The summed E-state index contributed by atoms with van der Waals surface area (Å²) in [5.74, 6) is 4.38. The van der Waals surface area contributed by atoms with Crippen LogP contribution in [0.3, 0.4) is 0 Å². The standard InChI is InChI=1S/C12H22.C11H22.C9H19N/c1-12(2,3)8-11-7-9-4-5-10(11)6-9;1-11(2,3)9-10-7-5-4-6-8-10;1-9(2,3)10-8-6-4-5-7-8/h9-11H,4-8H2,1-3H3;10H,4-9H2,1-3H3;8,10H,4-7H2,1-3H3. The summed E-state index contributed by atoms with van der Waals surface area (Å²) in [6, 6.07) is 0.806. The van der Waals surface area contributed by atoms with Gasteiger partial charge in [-0.25, -0.2) is 0 Å². The molecule has 0 spiro atoms. The maximum absolute atomic E-state index is 3.62. The first kappa shape index (κ1) is 29.2. The van der Waals surface area contributed by atoms with E-state index in [0.717, 1.165) is 29.7 Å². The van der Waals surface area contributed by atoms with Crippen molar-refractivity contribution in [1.29, 1.82) is 0 Å². The minimum atomic E-state index is 0.314. The van der Waals surface area contributed by atoms with Crippen LogP contribution in [0.5, 0.6) is 0 Å². The molecule has 1 heteroatoms. The lowest BCUT2D eigenvalue weighted by atomic mass is 9.77. The Morgan fingerprint density at radius 1 is 0.576 bits per heavy atom. The first-order valence-corrected chi connectivity index (χ1v) is 15.0. The van der Waals surface area contributed by atoms with Crippen molar-refractivity contribution >= 4 is 0 Å². The predicted octanol–water partition coefficient (Wildman–Crippen LogP) is 10.2. The molecule has 4 rings (SSSR count). The van der Waals surface area contributed by atoms with E-state index in [2.05, 4.69) is 67.6 Å². The van der Waals surface area contributed by atoms with Gasteiger partial charge in [-0.05, 0) is 100 Å². The van der Waals surface area contributed by atoms with Gasteiger partial charge in [-0.1, -0.05) is 92.9 Å². The van der Waals surface area contributed by atoms with Gasteiger partial charge < -0.3 is 5.32 Å². The molecule has 4 aliphatic rings. The van der Waals surface area contributed by atoms with Crippen LogP contribution in [0.1, 0.15) is 159 Å². The van der Waals surface area contributed by atoms with Crippen molar-refractivity contribution in [3.8, 4) is 0 Å². The lowest BCUT2D eigenvalue weighted by molar-refractivity contribution is 0.224. The highest BCUT2D eigenvalue weighted by atomic mass is 15.0. The van der Waals surface area contributed by atoms with Gasteiger partial charge in [0.1, 0.15) is 0 Å². The molecule has 0 aliphatic heterocycles. The molecule has 4 fully saturated rings. The van der Waals surface area contributed by atoms with Gasteiger partial charge in [0.15, 0.2) is 0 Å². The zero-order valence-electron chi connectivity index (χ0n) is 24.5. The molecule has 33 heavy (non-hydrogen) atoms. The van der Waals surface area contributed by atoms with E-state index < -0.39 is 0 Å². The highest BCUT2D eigenvalue weighted by Gasteiger charge is 2.40. The van der Waals surface area contributed by atoms with E-state index in [1.807, 2.05) is 0 Å². The number of hydrogen-bond acceptors (Lipinski definition) is 1. The third-order valence-corrected chi connectivity index (χ3v) is 8.38. The van der Waals surface area contributed by atoms with E-state index in [1.165, 1.54) is 70.6 Å². The van der Waals surface area contributed by atoms with Gasteiger partial charge in [-0.15, -0.1) is 0 Å². The van der Waals surface area contributed by atoms with Crippen LogP contribution in [-0.2, 0) is 0 Å². The summed E-state index contributed by atoms with van der Waals surface area (Å²) >= 11 is 0. The van der Waals surface area contributed by atoms with Gasteiger partial charge in [0.25, 0.3) is 0 Å². The Bertz CT molecular complexity index is 516. The fourth-order valence-corrected chi connectivity index (χ4v) is 7.35. The second-order valence-electron chi connectivity index (χ2n) is 15.8. The van der Waals surface area contributed by atoms with Crippen LogP contribution in [0.25, 0.3) is 0 Å². The molecule has 4 aliphatic carbocycles. The third-order valence-electron chi connectivity index (χ3n) is 8.38. The Morgan fingerprint density at radius 2 is 1.12 bits per heavy atom. The Hall–Kier alpha value is -0.0400. The van der Waals surface area contributed by atoms with E-state index in [4.69, 9.17) is 0 Å². The maximum Gasteiger partial charge on any atom is 0.00990 e. The van der Waals surface area contributed by atoms with Crippen LogP contribution in [0.15, 0.2) is 0 Å². The van der Waals surface area contributed by atoms with Crippen LogP contribution in [0.4, 0.5) is 0 Å². The molecule has 1 N–H and O–H groups in total. The molecule has 196 valence electrons. The van der Waals surface area contributed by atoms with Crippen molar-refractivity contribution in [1.82, 2.24) is 5.32 Å². The molecule has 0 heterocycles. The van der Waals surface area contributed by atoms with Gasteiger partial charge in [0.2, 0.25) is 0 Å². The van der Waals surface area contributed by atoms with E-state index in [0.29, 0.717) is 16.4 Å². The van der Waals surface area contributed by atoms with Crippen LogP contribution >= 0.6 is 0 Å². The molecule has 2 bridgehead atoms. The second kappa shape index (κ2) is 12.8. The van der Waals surface area contributed by atoms with E-state index in [1.54, 1.807) is 25.7 Å². The molecule has 1 nitrogen and oxygen atoms in total. The van der Waals surface area contributed by atoms with E-state index in [9.17, 15) is 0 Å². The summed E-state index contributed by atoms with van der Waals surface area (Å²) in [6.45, 7) is 21.0. The minimum Gasteiger partial charge on any atom is -0.309 e. The largest absolute Gasteiger partial charge is 0.309 e. The SMILES string of the molecule is CC(C)(C)CC1CC2CCC1C2.CC(C)(C)CC1CCCCC1.CC(C)(C)NC1CCCC1.